The summed E-state index contributed by atoms with van der Waals surface area (Å²) in [5, 5.41) is 1.25. The van der Waals surface area contributed by atoms with Crippen LogP contribution in [0.15, 0.2) is 59.7 Å². The summed E-state index contributed by atoms with van der Waals surface area (Å²) in [6.07, 6.45) is 2.11. The highest BCUT2D eigenvalue weighted by Crippen LogP contribution is 2.19. The van der Waals surface area contributed by atoms with E-state index in [0.717, 1.165) is 5.56 Å². The van der Waals surface area contributed by atoms with Gasteiger partial charge in [-0.25, -0.2) is 9.97 Å². The molecule has 0 unspecified atom stereocenters. The predicted octanol–water partition coefficient (Wildman–Crippen LogP) is 4.50. The second-order valence-corrected chi connectivity index (χ2v) is 7.03. The number of rotatable bonds is 4. The Morgan fingerprint density at radius 1 is 1.04 bits per heavy atom. The fourth-order valence-corrected chi connectivity index (χ4v) is 3.41. The van der Waals surface area contributed by atoms with E-state index in [1.54, 1.807) is 35.2 Å². The largest absolute Gasteiger partial charge is 0.315 e. The van der Waals surface area contributed by atoms with Crippen molar-refractivity contribution in [3.8, 4) is 5.69 Å². The van der Waals surface area contributed by atoms with Crippen LogP contribution in [0.3, 0.4) is 0 Å². The first-order valence-electron chi connectivity index (χ1n) is 8.54. The van der Waals surface area contributed by atoms with Crippen molar-refractivity contribution in [3.63, 3.8) is 0 Å². The zero-order chi connectivity index (χ0) is 19.0. The van der Waals surface area contributed by atoms with Gasteiger partial charge in [0.1, 0.15) is 5.82 Å². The number of hydrogen-bond donors (Lipinski definition) is 0. The molecule has 0 amide bonds. The summed E-state index contributed by atoms with van der Waals surface area (Å²) in [7, 11) is 0. The van der Waals surface area contributed by atoms with Gasteiger partial charge in [0.05, 0.1) is 12.0 Å². The first-order valence-corrected chi connectivity index (χ1v) is 9.29. The van der Waals surface area contributed by atoms with Crippen molar-refractivity contribution in [1.82, 2.24) is 19.1 Å². The van der Waals surface area contributed by atoms with Crippen molar-refractivity contribution in [2.75, 3.05) is 0 Å². The van der Waals surface area contributed by atoms with Crippen molar-refractivity contribution < 1.29 is 0 Å². The second-order valence-electron chi connectivity index (χ2n) is 6.15. The number of hydrogen-bond acceptors (Lipinski definition) is 3. The Hall–Kier alpha value is -2.63. The second kappa shape index (κ2) is 7.18. The lowest BCUT2D eigenvalue weighted by Gasteiger charge is -2.13. The molecule has 0 atom stereocenters. The Bertz CT molecular complexity index is 1180. The van der Waals surface area contributed by atoms with Crippen LogP contribution in [0.1, 0.15) is 18.3 Å². The smallest absolute Gasteiger partial charge is 0.286 e. The topological polar surface area (TPSA) is 52.7 Å². The van der Waals surface area contributed by atoms with E-state index < -0.39 is 0 Å². The molecule has 0 N–H and O–H groups in total. The van der Waals surface area contributed by atoms with Crippen LogP contribution in [-0.4, -0.2) is 19.1 Å². The minimum Gasteiger partial charge on any atom is -0.315 e. The van der Waals surface area contributed by atoms with E-state index >= 15 is 0 Å². The molecule has 0 aliphatic heterocycles. The number of aryl methyl sites for hydroxylation is 1. The molecular formula is C20H16Cl2N4O. The van der Waals surface area contributed by atoms with Crippen LogP contribution in [0.4, 0.5) is 0 Å². The van der Waals surface area contributed by atoms with Gasteiger partial charge in [0.25, 0.3) is 5.56 Å². The third kappa shape index (κ3) is 3.36. The molecule has 0 saturated heterocycles. The van der Waals surface area contributed by atoms with Crippen molar-refractivity contribution in [2.45, 2.75) is 19.9 Å². The molecule has 2 aromatic heterocycles. The monoisotopic (exact) mass is 398 g/mol. The lowest BCUT2D eigenvalue weighted by atomic mass is 10.1. The van der Waals surface area contributed by atoms with Gasteiger partial charge in [0.15, 0.2) is 11.2 Å². The first-order chi connectivity index (χ1) is 13.1. The third-order valence-corrected chi connectivity index (χ3v) is 4.87. The van der Waals surface area contributed by atoms with E-state index in [4.69, 9.17) is 28.2 Å². The number of imidazole rings is 1. The number of fused-ring (bicyclic) bond motifs is 1. The highest BCUT2D eigenvalue weighted by molar-refractivity contribution is 6.30. The molecule has 27 heavy (non-hydrogen) atoms. The number of halogens is 2. The number of benzene rings is 2. The lowest BCUT2D eigenvalue weighted by molar-refractivity contribution is 0.765. The molecule has 0 saturated carbocycles. The van der Waals surface area contributed by atoms with Gasteiger partial charge >= 0.3 is 0 Å². The molecule has 2 heterocycles. The van der Waals surface area contributed by atoms with Crippen LogP contribution in [0.2, 0.25) is 10.0 Å². The van der Waals surface area contributed by atoms with Gasteiger partial charge in [-0.3, -0.25) is 9.36 Å². The molecule has 0 aliphatic carbocycles. The Morgan fingerprint density at radius 3 is 2.52 bits per heavy atom. The van der Waals surface area contributed by atoms with Gasteiger partial charge in [-0.15, -0.1) is 0 Å². The molecule has 4 rings (SSSR count). The molecule has 136 valence electrons. The standard InChI is InChI=1S/C20H16Cl2N4O/c1-2-25-12-23-18-19(25)24-17(11-13-4-3-5-15(22)10-13)26(20(18)27)16-8-6-14(21)7-9-16/h3-10,12H,2,11H2,1H3. The Balaban J connectivity index is 1.97. The Kier molecular flexibility index (Phi) is 4.72. The predicted molar refractivity (Wildman–Crippen MR) is 108 cm³/mol. The summed E-state index contributed by atoms with van der Waals surface area (Å²) >= 11 is 12.1. The van der Waals surface area contributed by atoms with Gasteiger partial charge in [-0.1, -0.05) is 35.3 Å². The summed E-state index contributed by atoms with van der Waals surface area (Å²) in [5.41, 5.74) is 2.40. The van der Waals surface area contributed by atoms with Crippen LogP contribution in [-0.2, 0) is 13.0 Å². The van der Waals surface area contributed by atoms with Crippen LogP contribution in [0.25, 0.3) is 16.9 Å². The van der Waals surface area contributed by atoms with E-state index in [2.05, 4.69) is 4.98 Å². The number of nitrogens with zero attached hydrogens (tertiary/aromatic N) is 4. The maximum absolute atomic E-state index is 13.2. The zero-order valence-corrected chi connectivity index (χ0v) is 16.1. The summed E-state index contributed by atoms with van der Waals surface area (Å²) < 4.78 is 3.46. The minimum atomic E-state index is -0.202. The zero-order valence-electron chi connectivity index (χ0n) is 14.6. The van der Waals surface area contributed by atoms with E-state index in [1.165, 1.54) is 0 Å². The average molecular weight is 399 g/mol. The fraction of sp³-hybridized carbons (Fsp3) is 0.150. The average Bonchev–Trinajstić information content (AvgIpc) is 3.06. The lowest BCUT2D eigenvalue weighted by Crippen LogP contribution is -2.24. The first kappa shape index (κ1) is 17.8. The van der Waals surface area contributed by atoms with Crippen LogP contribution >= 0.6 is 23.2 Å². The Morgan fingerprint density at radius 2 is 1.81 bits per heavy atom. The molecule has 0 radical (unpaired) electrons. The maximum atomic E-state index is 13.2. The molecule has 0 aliphatic rings. The van der Waals surface area contributed by atoms with E-state index in [0.29, 0.717) is 45.7 Å². The molecule has 0 bridgehead atoms. The minimum absolute atomic E-state index is 0.202. The summed E-state index contributed by atoms with van der Waals surface area (Å²) in [4.78, 5) is 22.3. The molecular weight excluding hydrogens is 383 g/mol. The van der Waals surface area contributed by atoms with E-state index in [-0.39, 0.29) is 5.56 Å². The van der Waals surface area contributed by atoms with Gasteiger partial charge in [0, 0.05) is 23.0 Å². The van der Waals surface area contributed by atoms with Gasteiger partial charge in [-0.05, 0) is 48.9 Å². The SMILES string of the molecule is CCn1cnc2c(=O)n(-c3ccc(Cl)cc3)c(Cc3cccc(Cl)c3)nc21. The quantitative estimate of drug-likeness (QED) is 0.508. The summed E-state index contributed by atoms with van der Waals surface area (Å²) in [6, 6.07) is 14.7. The summed E-state index contributed by atoms with van der Waals surface area (Å²) in [6.45, 7) is 2.68. The van der Waals surface area contributed by atoms with Crippen molar-refractivity contribution in [3.05, 3.63) is 86.6 Å². The normalized spacial score (nSPS) is 11.2. The van der Waals surface area contributed by atoms with Crippen molar-refractivity contribution in [2.24, 2.45) is 0 Å². The van der Waals surface area contributed by atoms with Gasteiger partial charge in [0.2, 0.25) is 0 Å². The molecule has 2 aromatic carbocycles. The molecule has 7 heteroatoms. The highest BCUT2D eigenvalue weighted by Gasteiger charge is 2.17. The third-order valence-electron chi connectivity index (χ3n) is 4.39. The summed E-state index contributed by atoms with van der Waals surface area (Å²) in [5.74, 6) is 0.618. The fourth-order valence-electron chi connectivity index (χ4n) is 3.08. The van der Waals surface area contributed by atoms with Crippen LogP contribution in [0, 0.1) is 0 Å². The van der Waals surface area contributed by atoms with Crippen molar-refractivity contribution in [1.29, 1.82) is 0 Å². The Labute approximate surface area is 165 Å². The molecule has 5 nitrogen and oxygen atoms in total. The van der Waals surface area contributed by atoms with E-state index in [1.807, 2.05) is 35.8 Å². The van der Waals surface area contributed by atoms with Gasteiger partial charge < -0.3 is 4.57 Å². The number of aromatic nitrogens is 4. The maximum Gasteiger partial charge on any atom is 0.286 e. The molecule has 4 aromatic rings. The highest BCUT2D eigenvalue weighted by atomic mass is 35.5. The van der Waals surface area contributed by atoms with Gasteiger partial charge in [-0.2, -0.15) is 0 Å². The molecule has 0 fully saturated rings. The molecule has 0 spiro atoms. The van der Waals surface area contributed by atoms with Crippen LogP contribution < -0.4 is 5.56 Å². The van der Waals surface area contributed by atoms with E-state index in [9.17, 15) is 4.79 Å². The van der Waals surface area contributed by atoms with Crippen LogP contribution in [0.5, 0.6) is 0 Å². The van der Waals surface area contributed by atoms with Crippen molar-refractivity contribution >= 4 is 34.4 Å².